The fourth-order valence-corrected chi connectivity index (χ4v) is 4.30. The van der Waals surface area contributed by atoms with Crippen LogP contribution in [0.25, 0.3) is 11.0 Å². The molecular weight excluding hydrogens is 354 g/mol. The molecule has 26 heavy (non-hydrogen) atoms. The maximum absolute atomic E-state index is 12.3. The maximum atomic E-state index is 12.3. The topological polar surface area (TPSA) is 91.7 Å². The zero-order valence-electron chi connectivity index (χ0n) is 15.3. The van der Waals surface area contributed by atoms with Gasteiger partial charge < -0.3 is 15.1 Å². The number of sulfonamides is 1. The second kappa shape index (κ2) is 7.28. The zero-order chi connectivity index (χ0) is 18.9. The molecule has 7 nitrogen and oxygen atoms in total. The number of amides is 2. The number of hydrogen-bond donors (Lipinski definition) is 2. The normalized spacial score (nSPS) is 18.0. The summed E-state index contributed by atoms with van der Waals surface area (Å²) in [5, 5.41) is 6.89. The van der Waals surface area contributed by atoms with Gasteiger partial charge in [0.15, 0.2) is 0 Å². The molecule has 2 N–H and O–H groups in total. The molecule has 0 spiro atoms. The van der Waals surface area contributed by atoms with Crippen molar-refractivity contribution in [2.45, 2.75) is 38.8 Å². The number of para-hydroxylation sites is 1. The molecule has 1 unspecified atom stereocenters. The number of piperidine rings is 1. The van der Waals surface area contributed by atoms with Gasteiger partial charge >= 0.3 is 6.03 Å². The van der Waals surface area contributed by atoms with Gasteiger partial charge in [-0.1, -0.05) is 18.2 Å². The van der Waals surface area contributed by atoms with Crippen molar-refractivity contribution in [3.05, 3.63) is 35.6 Å². The van der Waals surface area contributed by atoms with Crippen molar-refractivity contribution in [3.8, 4) is 0 Å². The molecule has 1 fully saturated rings. The Hall–Kier alpha value is -2.06. The van der Waals surface area contributed by atoms with Crippen LogP contribution in [0.1, 0.15) is 37.1 Å². The average Bonchev–Trinajstić information content (AvgIpc) is 2.92. The number of aryl methyl sites for hydroxylation is 1. The molecule has 2 aromatic rings. The van der Waals surface area contributed by atoms with Crippen LogP contribution in [-0.4, -0.2) is 44.1 Å². The lowest BCUT2D eigenvalue weighted by atomic mass is 10.1. The highest BCUT2D eigenvalue weighted by molar-refractivity contribution is 7.88. The second-order valence-electron chi connectivity index (χ2n) is 6.86. The summed E-state index contributed by atoms with van der Waals surface area (Å²) in [4.78, 5) is 12.3. The maximum Gasteiger partial charge on any atom is 0.315 e. The Balaban J connectivity index is 1.57. The Morgan fingerprint density at radius 1 is 1.27 bits per heavy atom. The van der Waals surface area contributed by atoms with Crippen LogP contribution >= 0.6 is 0 Å². The predicted molar refractivity (Wildman–Crippen MR) is 100 cm³/mol. The molecule has 0 aliphatic carbocycles. The second-order valence-corrected chi connectivity index (χ2v) is 8.85. The number of fused-ring (bicyclic) bond motifs is 1. The van der Waals surface area contributed by atoms with Gasteiger partial charge in [0.05, 0.1) is 12.3 Å². The lowest BCUT2D eigenvalue weighted by Gasteiger charge is -2.30. The van der Waals surface area contributed by atoms with Crippen molar-refractivity contribution >= 4 is 27.0 Å². The lowest BCUT2D eigenvalue weighted by Crippen LogP contribution is -2.49. The van der Waals surface area contributed by atoms with Crippen LogP contribution in [-0.2, 0) is 10.0 Å². The molecule has 0 bridgehead atoms. The molecule has 142 valence electrons. The fourth-order valence-electron chi connectivity index (χ4n) is 3.43. The number of nitrogens with zero attached hydrogens (tertiary/aromatic N) is 1. The predicted octanol–water partition coefficient (Wildman–Crippen LogP) is 2.53. The van der Waals surface area contributed by atoms with Crippen LogP contribution in [0.5, 0.6) is 0 Å². The Labute approximate surface area is 153 Å². The smallest absolute Gasteiger partial charge is 0.315 e. The summed E-state index contributed by atoms with van der Waals surface area (Å²) < 4.78 is 30.4. The third-order valence-corrected chi connectivity index (χ3v) is 6.18. The zero-order valence-corrected chi connectivity index (χ0v) is 16.1. The highest BCUT2D eigenvalue weighted by Crippen LogP contribution is 2.29. The van der Waals surface area contributed by atoms with E-state index in [0.717, 1.165) is 22.3 Å². The highest BCUT2D eigenvalue weighted by Gasteiger charge is 2.26. The summed E-state index contributed by atoms with van der Waals surface area (Å²) in [5.74, 6) is 0.744. The highest BCUT2D eigenvalue weighted by atomic mass is 32.2. The minimum atomic E-state index is -3.16. The number of nitrogens with one attached hydrogen (secondary N) is 2. The monoisotopic (exact) mass is 379 g/mol. The van der Waals surface area contributed by atoms with Crippen LogP contribution in [0, 0.1) is 6.92 Å². The quantitative estimate of drug-likeness (QED) is 0.854. The molecule has 1 atom stereocenters. The van der Waals surface area contributed by atoms with E-state index in [1.54, 1.807) is 0 Å². The molecule has 1 aromatic carbocycles. The van der Waals surface area contributed by atoms with Gasteiger partial charge in [-0.05, 0) is 32.8 Å². The molecule has 8 heteroatoms. The fraction of sp³-hybridized carbons (Fsp3) is 0.500. The van der Waals surface area contributed by atoms with Gasteiger partial charge in [-0.15, -0.1) is 0 Å². The van der Waals surface area contributed by atoms with E-state index in [-0.39, 0.29) is 18.1 Å². The summed E-state index contributed by atoms with van der Waals surface area (Å²) in [6.07, 6.45) is 2.43. The standard InChI is InChI=1S/C18H25N3O4S/c1-12-15-6-4-5-7-16(15)25-17(12)13(2)19-18(22)20-14-8-10-21(11-9-14)26(3,23)24/h4-7,13-14H,8-11H2,1-3H3,(H2,19,20,22). The van der Waals surface area contributed by atoms with Crippen molar-refractivity contribution < 1.29 is 17.6 Å². The first kappa shape index (κ1) is 18.7. The van der Waals surface area contributed by atoms with E-state index in [1.165, 1.54) is 10.6 Å². The number of furan rings is 1. The molecular formula is C18H25N3O4S. The minimum Gasteiger partial charge on any atom is -0.459 e. The molecule has 1 saturated heterocycles. The number of benzene rings is 1. The van der Waals surface area contributed by atoms with E-state index in [4.69, 9.17) is 4.42 Å². The summed E-state index contributed by atoms with van der Waals surface area (Å²) in [6.45, 7) is 4.73. The third-order valence-electron chi connectivity index (χ3n) is 4.88. The van der Waals surface area contributed by atoms with Crippen LogP contribution in [0.4, 0.5) is 4.79 Å². The van der Waals surface area contributed by atoms with E-state index in [9.17, 15) is 13.2 Å². The van der Waals surface area contributed by atoms with Gasteiger partial charge in [-0.25, -0.2) is 17.5 Å². The Morgan fingerprint density at radius 3 is 2.54 bits per heavy atom. The molecule has 0 radical (unpaired) electrons. The first-order chi connectivity index (χ1) is 12.3. The molecule has 2 heterocycles. The summed E-state index contributed by atoms with van der Waals surface area (Å²) in [6, 6.07) is 7.23. The molecule has 2 amide bonds. The van der Waals surface area contributed by atoms with Crippen LogP contribution in [0.2, 0.25) is 0 Å². The van der Waals surface area contributed by atoms with Gasteiger partial charge in [-0.3, -0.25) is 0 Å². The largest absolute Gasteiger partial charge is 0.459 e. The Kier molecular flexibility index (Phi) is 5.24. The Morgan fingerprint density at radius 2 is 1.92 bits per heavy atom. The van der Waals surface area contributed by atoms with Crippen molar-refractivity contribution in [1.29, 1.82) is 0 Å². The van der Waals surface area contributed by atoms with E-state index >= 15 is 0 Å². The lowest BCUT2D eigenvalue weighted by molar-refractivity contribution is 0.223. The van der Waals surface area contributed by atoms with Gasteiger partial charge in [-0.2, -0.15) is 0 Å². The number of rotatable bonds is 4. The number of carbonyl (C=O) groups excluding carboxylic acids is 1. The number of hydrogen-bond acceptors (Lipinski definition) is 4. The summed E-state index contributed by atoms with van der Waals surface area (Å²) in [5.41, 5.74) is 1.83. The van der Waals surface area contributed by atoms with E-state index in [2.05, 4.69) is 10.6 Å². The Bertz CT molecular complexity index is 898. The molecule has 3 rings (SSSR count). The summed E-state index contributed by atoms with van der Waals surface area (Å²) in [7, 11) is -3.16. The van der Waals surface area contributed by atoms with Gasteiger partial charge in [0.1, 0.15) is 11.3 Å². The van der Waals surface area contributed by atoms with Crippen LogP contribution in [0.3, 0.4) is 0 Å². The molecule has 0 saturated carbocycles. The van der Waals surface area contributed by atoms with Gasteiger partial charge in [0, 0.05) is 30.1 Å². The SMILES string of the molecule is Cc1c(C(C)NC(=O)NC2CCN(S(C)(=O)=O)CC2)oc2ccccc12. The molecule has 1 aliphatic heterocycles. The van der Waals surface area contributed by atoms with Crippen LogP contribution in [0.15, 0.2) is 28.7 Å². The van der Waals surface area contributed by atoms with Crippen LogP contribution < -0.4 is 10.6 Å². The van der Waals surface area contributed by atoms with E-state index < -0.39 is 10.0 Å². The average molecular weight is 379 g/mol. The van der Waals surface area contributed by atoms with Crippen molar-refractivity contribution in [1.82, 2.24) is 14.9 Å². The first-order valence-electron chi connectivity index (χ1n) is 8.76. The van der Waals surface area contributed by atoms with Gasteiger partial charge in [0.2, 0.25) is 10.0 Å². The van der Waals surface area contributed by atoms with Crippen molar-refractivity contribution in [3.63, 3.8) is 0 Å². The van der Waals surface area contributed by atoms with Crippen molar-refractivity contribution in [2.75, 3.05) is 19.3 Å². The number of carbonyl (C=O) groups is 1. The molecule has 1 aliphatic rings. The van der Waals surface area contributed by atoms with Crippen molar-refractivity contribution in [2.24, 2.45) is 0 Å². The number of urea groups is 1. The third kappa shape index (κ3) is 4.02. The summed E-state index contributed by atoms with van der Waals surface area (Å²) >= 11 is 0. The van der Waals surface area contributed by atoms with E-state index in [1.807, 2.05) is 38.1 Å². The van der Waals surface area contributed by atoms with E-state index in [0.29, 0.717) is 25.9 Å². The molecule has 1 aromatic heterocycles. The van der Waals surface area contributed by atoms with Gasteiger partial charge in [0.25, 0.3) is 0 Å². The first-order valence-corrected chi connectivity index (χ1v) is 10.6. The minimum absolute atomic E-state index is 0.0306.